The molecule has 0 spiro atoms. The van der Waals surface area contributed by atoms with E-state index in [2.05, 4.69) is 10.3 Å². The zero-order valence-corrected chi connectivity index (χ0v) is 13.6. The molecule has 0 radical (unpaired) electrons. The molecule has 2 saturated carbocycles. The van der Waals surface area contributed by atoms with Gasteiger partial charge < -0.3 is 10.4 Å². The Bertz CT molecular complexity index is 800. The van der Waals surface area contributed by atoms with E-state index in [0.717, 1.165) is 35.0 Å². The van der Waals surface area contributed by atoms with Gasteiger partial charge in [0.05, 0.1) is 22.1 Å². The van der Waals surface area contributed by atoms with Gasteiger partial charge in [-0.3, -0.25) is 9.59 Å². The normalized spacial score (nSPS) is 29.1. The van der Waals surface area contributed by atoms with Crippen molar-refractivity contribution >= 4 is 38.6 Å². The number of aryl methyl sites for hydroxylation is 1. The van der Waals surface area contributed by atoms with E-state index in [-0.39, 0.29) is 17.7 Å². The molecule has 2 fully saturated rings. The van der Waals surface area contributed by atoms with Gasteiger partial charge in [-0.1, -0.05) is 17.4 Å². The predicted molar refractivity (Wildman–Crippen MR) is 88.4 cm³/mol. The van der Waals surface area contributed by atoms with Crippen molar-refractivity contribution in [2.24, 2.45) is 23.7 Å². The van der Waals surface area contributed by atoms with Crippen LogP contribution in [0.1, 0.15) is 24.8 Å². The van der Waals surface area contributed by atoms with Crippen molar-refractivity contribution in [3.8, 4) is 0 Å². The SMILES string of the molecule is Cc1ccc2nc(NC(=O)C3C4CCC(C4)C3C(=O)O)sc2c1. The Morgan fingerprint density at radius 2 is 2.00 bits per heavy atom. The highest BCUT2D eigenvalue weighted by atomic mass is 32.1. The third-order valence-electron chi connectivity index (χ3n) is 5.28. The summed E-state index contributed by atoms with van der Waals surface area (Å²) in [6.45, 7) is 2.02. The molecule has 120 valence electrons. The number of fused-ring (bicyclic) bond motifs is 3. The van der Waals surface area contributed by atoms with Gasteiger partial charge in [-0.15, -0.1) is 0 Å². The molecule has 0 saturated heterocycles. The van der Waals surface area contributed by atoms with Crippen LogP contribution in [0.2, 0.25) is 0 Å². The van der Waals surface area contributed by atoms with Crippen molar-refractivity contribution in [1.82, 2.24) is 4.98 Å². The van der Waals surface area contributed by atoms with Crippen LogP contribution in [0.25, 0.3) is 10.2 Å². The number of aliphatic carboxylic acids is 1. The number of carbonyl (C=O) groups excluding carboxylic acids is 1. The predicted octanol–water partition coefficient (Wildman–Crippen LogP) is 3.29. The highest BCUT2D eigenvalue weighted by molar-refractivity contribution is 7.22. The summed E-state index contributed by atoms with van der Waals surface area (Å²) in [4.78, 5) is 28.6. The molecule has 2 aromatic rings. The number of carboxylic acid groups (broad SMARTS) is 1. The first-order valence-corrected chi connectivity index (χ1v) is 8.75. The number of carboxylic acids is 1. The maximum absolute atomic E-state index is 12.7. The molecule has 23 heavy (non-hydrogen) atoms. The molecular weight excluding hydrogens is 312 g/mol. The quantitative estimate of drug-likeness (QED) is 0.905. The number of rotatable bonds is 3. The number of aromatic nitrogens is 1. The van der Waals surface area contributed by atoms with E-state index in [1.165, 1.54) is 11.3 Å². The van der Waals surface area contributed by atoms with Crippen LogP contribution in [-0.2, 0) is 9.59 Å². The van der Waals surface area contributed by atoms with Gasteiger partial charge in [0.25, 0.3) is 0 Å². The first-order valence-electron chi connectivity index (χ1n) is 7.94. The lowest BCUT2D eigenvalue weighted by atomic mass is 9.79. The monoisotopic (exact) mass is 330 g/mol. The maximum Gasteiger partial charge on any atom is 0.307 e. The Morgan fingerprint density at radius 3 is 2.74 bits per heavy atom. The van der Waals surface area contributed by atoms with Crippen molar-refractivity contribution in [2.45, 2.75) is 26.2 Å². The zero-order valence-electron chi connectivity index (χ0n) is 12.8. The molecule has 2 aliphatic carbocycles. The maximum atomic E-state index is 12.7. The Hall–Kier alpha value is -1.95. The van der Waals surface area contributed by atoms with Crippen LogP contribution in [0.3, 0.4) is 0 Å². The second-order valence-corrected chi connectivity index (χ2v) is 7.73. The fraction of sp³-hybridized carbons (Fsp3) is 0.471. The minimum atomic E-state index is -0.836. The van der Waals surface area contributed by atoms with E-state index in [0.29, 0.717) is 5.13 Å². The first kappa shape index (κ1) is 14.6. The minimum absolute atomic E-state index is 0.159. The molecule has 4 unspecified atom stereocenters. The lowest BCUT2D eigenvalue weighted by Gasteiger charge is -2.26. The smallest absolute Gasteiger partial charge is 0.307 e. The molecule has 6 heteroatoms. The fourth-order valence-corrected chi connectivity index (χ4v) is 5.26. The van der Waals surface area contributed by atoms with E-state index in [9.17, 15) is 14.7 Å². The van der Waals surface area contributed by atoms with Crippen LogP contribution in [0.4, 0.5) is 5.13 Å². The average molecular weight is 330 g/mol. The van der Waals surface area contributed by atoms with Gasteiger partial charge in [0.1, 0.15) is 0 Å². The molecule has 1 aromatic carbocycles. The van der Waals surface area contributed by atoms with Crippen LogP contribution in [-0.4, -0.2) is 22.0 Å². The van der Waals surface area contributed by atoms with E-state index < -0.39 is 17.8 Å². The number of nitrogens with one attached hydrogen (secondary N) is 1. The highest BCUT2D eigenvalue weighted by Gasteiger charge is 2.54. The molecule has 2 aliphatic rings. The number of anilines is 1. The van der Waals surface area contributed by atoms with Crippen molar-refractivity contribution in [2.75, 3.05) is 5.32 Å². The van der Waals surface area contributed by atoms with Crippen LogP contribution < -0.4 is 5.32 Å². The number of amides is 1. The molecule has 1 aromatic heterocycles. The topological polar surface area (TPSA) is 79.3 Å². The lowest BCUT2D eigenvalue weighted by molar-refractivity contribution is -0.148. The van der Waals surface area contributed by atoms with E-state index in [1.807, 2.05) is 25.1 Å². The minimum Gasteiger partial charge on any atom is -0.481 e. The summed E-state index contributed by atoms with van der Waals surface area (Å²) < 4.78 is 1.03. The van der Waals surface area contributed by atoms with E-state index in [4.69, 9.17) is 0 Å². The van der Waals surface area contributed by atoms with Crippen molar-refractivity contribution in [1.29, 1.82) is 0 Å². The fourth-order valence-electron chi connectivity index (χ4n) is 4.30. The number of carbonyl (C=O) groups is 2. The number of hydrogen-bond acceptors (Lipinski definition) is 4. The Morgan fingerprint density at radius 1 is 1.26 bits per heavy atom. The second-order valence-electron chi connectivity index (χ2n) is 6.70. The van der Waals surface area contributed by atoms with Crippen LogP contribution in [0.15, 0.2) is 18.2 Å². The van der Waals surface area contributed by atoms with E-state index in [1.54, 1.807) is 0 Å². The molecule has 2 bridgehead atoms. The largest absolute Gasteiger partial charge is 0.481 e. The molecule has 1 heterocycles. The number of nitrogens with zero attached hydrogens (tertiary/aromatic N) is 1. The van der Waals surface area contributed by atoms with Gasteiger partial charge in [-0.2, -0.15) is 0 Å². The van der Waals surface area contributed by atoms with Gasteiger partial charge >= 0.3 is 5.97 Å². The van der Waals surface area contributed by atoms with Crippen molar-refractivity contribution in [3.63, 3.8) is 0 Å². The lowest BCUT2D eigenvalue weighted by Crippen LogP contribution is -2.37. The Kier molecular flexibility index (Phi) is 3.37. The third-order valence-corrected chi connectivity index (χ3v) is 6.21. The van der Waals surface area contributed by atoms with Crippen LogP contribution >= 0.6 is 11.3 Å². The summed E-state index contributed by atoms with van der Waals surface area (Å²) in [5.74, 6) is -1.60. The molecule has 0 aliphatic heterocycles. The number of thiazole rings is 1. The molecule has 4 atom stereocenters. The van der Waals surface area contributed by atoms with Gasteiger partial charge in [0, 0.05) is 0 Å². The Balaban J connectivity index is 1.57. The van der Waals surface area contributed by atoms with Gasteiger partial charge in [-0.05, 0) is 55.7 Å². The molecule has 4 rings (SSSR count). The first-order chi connectivity index (χ1) is 11.0. The van der Waals surface area contributed by atoms with Gasteiger partial charge in [0.15, 0.2) is 5.13 Å². The van der Waals surface area contributed by atoms with Crippen LogP contribution in [0, 0.1) is 30.6 Å². The molecule has 1 amide bonds. The zero-order chi connectivity index (χ0) is 16.1. The van der Waals surface area contributed by atoms with Gasteiger partial charge in [0.2, 0.25) is 5.91 Å². The second kappa shape index (κ2) is 5.30. The number of benzene rings is 1. The summed E-state index contributed by atoms with van der Waals surface area (Å²) in [5.41, 5.74) is 2.01. The van der Waals surface area contributed by atoms with Crippen LogP contribution in [0.5, 0.6) is 0 Å². The summed E-state index contributed by atoms with van der Waals surface area (Å²) in [7, 11) is 0. The molecular formula is C17H18N2O3S. The van der Waals surface area contributed by atoms with Crippen molar-refractivity contribution in [3.05, 3.63) is 23.8 Å². The number of hydrogen-bond donors (Lipinski definition) is 2. The molecule has 5 nitrogen and oxygen atoms in total. The van der Waals surface area contributed by atoms with Crippen molar-refractivity contribution < 1.29 is 14.7 Å². The van der Waals surface area contributed by atoms with E-state index >= 15 is 0 Å². The summed E-state index contributed by atoms with van der Waals surface area (Å²) >= 11 is 1.44. The Labute approximate surface area is 137 Å². The third kappa shape index (κ3) is 2.41. The standard InChI is InChI=1S/C17H18N2O3S/c1-8-2-5-11-12(6-8)23-17(18-11)19-15(20)13-9-3-4-10(7-9)14(13)16(21)22/h2,5-6,9-10,13-14H,3-4,7H2,1H3,(H,21,22)(H,18,19,20). The molecule has 2 N–H and O–H groups in total. The summed E-state index contributed by atoms with van der Waals surface area (Å²) in [6.07, 6.45) is 2.77. The van der Waals surface area contributed by atoms with Gasteiger partial charge in [-0.25, -0.2) is 4.98 Å². The average Bonchev–Trinajstić information content (AvgIpc) is 3.18. The highest BCUT2D eigenvalue weighted by Crippen LogP contribution is 2.52. The summed E-state index contributed by atoms with van der Waals surface area (Å²) in [6, 6.07) is 5.97. The summed E-state index contributed by atoms with van der Waals surface area (Å²) in [5, 5.41) is 12.9.